The Hall–Kier alpha value is 0.170. The fraction of sp³-hybridized carbons (Fsp3) is 1.00. The lowest BCUT2D eigenvalue weighted by Crippen LogP contribution is -2.28. The number of hydrogen-bond donors (Lipinski definition) is 1. The number of methoxy groups -OCH3 is 1. The molecule has 1 unspecified atom stereocenters. The highest BCUT2D eigenvalue weighted by atomic mass is 35.5. The summed E-state index contributed by atoms with van der Waals surface area (Å²) in [5.74, 6) is 0. The van der Waals surface area contributed by atoms with Gasteiger partial charge in [0.05, 0.1) is 12.7 Å². The van der Waals surface area contributed by atoms with Crippen LogP contribution in [0.1, 0.15) is 39.0 Å². The van der Waals surface area contributed by atoms with Crippen LogP contribution in [-0.2, 0) is 9.47 Å². The van der Waals surface area contributed by atoms with Gasteiger partial charge in [-0.25, -0.2) is 0 Å². The molecular formula is C11H26ClNO2. The van der Waals surface area contributed by atoms with Crippen LogP contribution in [0.2, 0.25) is 0 Å². The Bertz CT molecular complexity index is 115. The van der Waals surface area contributed by atoms with Crippen molar-refractivity contribution >= 4 is 12.4 Å². The normalized spacial score (nSPS) is 12.2. The maximum Gasteiger partial charge on any atom is 0.0930 e. The Kier molecular flexibility index (Phi) is 16.6. The van der Waals surface area contributed by atoms with Crippen LogP contribution in [0, 0.1) is 0 Å². The standard InChI is InChI=1S/C11H25NO2.ClH/c1-3-4-5-6-7-8-14-11(9-12)10-13-2;/h11H,3-10,12H2,1-2H3;1H. The zero-order chi connectivity index (χ0) is 10.6. The van der Waals surface area contributed by atoms with E-state index in [1.165, 1.54) is 25.7 Å². The third kappa shape index (κ3) is 12.1. The highest BCUT2D eigenvalue weighted by Crippen LogP contribution is 2.03. The minimum absolute atomic E-state index is 0. The van der Waals surface area contributed by atoms with Crippen LogP contribution in [0.25, 0.3) is 0 Å². The molecule has 0 aliphatic rings. The van der Waals surface area contributed by atoms with E-state index >= 15 is 0 Å². The molecule has 1 atom stereocenters. The van der Waals surface area contributed by atoms with Crippen LogP contribution in [-0.4, -0.2) is 33.0 Å². The van der Waals surface area contributed by atoms with Gasteiger partial charge in [-0.3, -0.25) is 0 Å². The Morgan fingerprint density at radius 2 is 1.80 bits per heavy atom. The smallest absolute Gasteiger partial charge is 0.0930 e. The molecule has 0 radical (unpaired) electrons. The van der Waals surface area contributed by atoms with Gasteiger partial charge in [0.1, 0.15) is 0 Å². The van der Waals surface area contributed by atoms with Crippen molar-refractivity contribution in [2.24, 2.45) is 5.73 Å². The quantitative estimate of drug-likeness (QED) is 0.596. The molecule has 0 bridgehead atoms. The molecule has 0 heterocycles. The van der Waals surface area contributed by atoms with Gasteiger partial charge < -0.3 is 15.2 Å². The number of unbranched alkanes of at least 4 members (excludes halogenated alkanes) is 4. The van der Waals surface area contributed by atoms with Crippen LogP contribution in [0.15, 0.2) is 0 Å². The molecule has 4 heteroatoms. The average molecular weight is 240 g/mol. The first-order chi connectivity index (χ1) is 6.85. The van der Waals surface area contributed by atoms with Crippen LogP contribution < -0.4 is 5.73 Å². The molecule has 2 N–H and O–H groups in total. The Morgan fingerprint density at radius 1 is 1.13 bits per heavy atom. The zero-order valence-electron chi connectivity index (χ0n) is 10.0. The Morgan fingerprint density at radius 3 is 2.33 bits per heavy atom. The highest BCUT2D eigenvalue weighted by molar-refractivity contribution is 5.85. The van der Waals surface area contributed by atoms with Crippen LogP contribution in [0.4, 0.5) is 0 Å². The Balaban J connectivity index is 0. The van der Waals surface area contributed by atoms with E-state index in [1.807, 2.05) is 0 Å². The first-order valence-electron chi connectivity index (χ1n) is 5.65. The van der Waals surface area contributed by atoms with E-state index < -0.39 is 0 Å². The van der Waals surface area contributed by atoms with Crippen LogP contribution >= 0.6 is 12.4 Å². The van der Waals surface area contributed by atoms with E-state index in [9.17, 15) is 0 Å². The molecule has 0 aliphatic heterocycles. The van der Waals surface area contributed by atoms with Crippen molar-refractivity contribution in [2.45, 2.75) is 45.1 Å². The molecule has 0 aromatic rings. The van der Waals surface area contributed by atoms with Gasteiger partial charge in [-0.2, -0.15) is 0 Å². The fourth-order valence-corrected chi connectivity index (χ4v) is 1.33. The predicted molar refractivity (Wildman–Crippen MR) is 66.7 cm³/mol. The SMILES string of the molecule is CCCCCCCOC(CN)COC.Cl. The van der Waals surface area contributed by atoms with E-state index in [2.05, 4.69) is 6.92 Å². The lowest BCUT2D eigenvalue weighted by Gasteiger charge is -2.14. The van der Waals surface area contributed by atoms with E-state index in [4.69, 9.17) is 15.2 Å². The van der Waals surface area contributed by atoms with E-state index in [0.29, 0.717) is 13.2 Å². The summed E-state index contributed by atoms with van der Waals surface area (Å²) in [5, 5.41) is 0. The summed E-state index contributed by atoms with van der Waals surface area (Å²) < 4.78 is 10.5. The van der Waals surface area contributed by atoms with Crippen molar-refractivity contribution in [3.8, 4) is 0 Å². The highest BCUT2D eigenvalue weighted by Gasteiger charge is 2.04. The van der Waals surface area contributed by atoms with Gasteiger partial charge in [0.2, 0.25) is 0 Å². The number of rotatable bonds is 10. The van der Waals surface area contributed by atoms with Gasteiger partial charge in [-0.15, -0.1) is 12.4 Å². The number of ether oxygens (including phenoxy) is 2. The minimum atomic E-state index is 0. The second-order valence-corrected chi connectivity index (χ2v) is 3.60. The molecule has 15 heavy (non-hydrogen) atoms. The topological polar surface area (TPSA) is 44.5 Å². The maximum atomic E-state index is 5.56. The summed E-state index contributed by atoms with van der Waals surface area (Å²) in [4.78, 5) is 0. The maximum absolute atomic E-state index is 5.56. The zero-order valence-corrected chi connectivity index (χ0v) is 10.9. The molecule has 94 valence electrons. The van der Waals surface area contributed by atoms with Gasteiger partial charge in [0.15, 0.2) is 0 Å². The van der Waals surface area contributed by atoms with Crippen LogP contribution in [0.5, 0.6) is 0 Å². The second-order valence-electron chi connectivity index (χ2n) is 3.60. The lowest BCUT2D eigenvalue weighted by molar-refractivity contribution is 0.00211. The van der Waals surface area contributed by atoms with Crippen molar-refractivity contribution < 1.29 is 9.47 Å². The molecule has 0 aliphatic carbocycles. The van der Waals surface area contributed by atoms with Crippen LogP contribution in [0.3, 0.4) is 0 Å². The minimum Gasteiger partial charge on any atom is -0.382 e. The molecular weight excluding hydrogens is 214 g/mol. The summed E-state index contributed by atoms with van der Waals surface area (Å²) in [7, 11) is 1.67. The fourth-order valence-electron chi connectivity index (χ4n) is 1.33. The largest absolute Gasteiger partial charge is 0.382 e. The van der Waals surface area contributed by atoms with E-state index in [1.54, 1.807) is 7.11 Å². The monoisotopic (exact) mass is 239 g/mol. The molecule has 0 fully saturated rings. The summed E-state index contributed by atoms with van der Waals surface area (Å²) in [5.41, 5.74) is 5.52. The van der Waals surface area contributed by atoms with Crippen molar-refractivity contribution in [3.05, 3.63) is 0 Å². The third-order valence-corrected chi connectivity index (χ3v) is 2.22. The molecule has 0 rings (SSSR count). The number of halogens is 1. The van der Waals surface area contributed by atoms with Gasteiger partial charge in [-0.1, -0.05) is 32.6 Å². The molecule has 0 saturated carbocycles. The van der Waals surface area contributed by atoms with Crippen molar-refractivity contribution in [1.29, 1.82) is 0 Å². The summed E-state index contributed by atoms with van der Waals surface area (Å²) in [6, 6.07) is 0. The first kappa shape index (κ1) is 17.6. The number of hydrogen-bond acceptors (Lipinski definition) is 3. The number of nitrogens with two attached hydrogens (primary N) is 1. The summed E-state index contributed by atoms with van der Waals surface area (Å²) in [6.45, 7) is 4.18. The van der Waals surface area contributed by atoms with Crippen molar-refractivity contribution in [2.75, 3.05) is 26.9 Å². The first-order valence-corrected chi connectivity index (χ1v) is 5.65. The van der Waals surface area contributed by atoms with Gasteiger partial charge in [-0.05, 0) is 6.42 Å². The molecule has 0 saturated heterocycles. The average Bonchev–Trinajstić information content (AvgIpc) is 2.21. The van der Waals surface area contributed by atoms with Crippen molar-refractivity contribution in [3.63, 3.8) is 0 Å². The second kappa shape index (κ2) is 14.2. The third-order valence-electron chi connectivity index (χ3n) is 2.22. The predicted octanol–water partition coefficient (Wildman–Crippen LogP) is 2.37. The molecule has 3 nitrogen and oxygen atoms in total. The van der Waals surface area contributed by atoms with Gasteiger partial charge in [0, 0.05) is 20.3 Å². The summed E-state index contributed by atoms with van der Waals surface area (Å²) in [6.07, 6.45) is 6.41. The van der Waals surface area contributed by atoms with Gasteiger partial charge >= 0.3 is 0 Å². The lowest BCUT2D eigenvalue weighted by atomic mass is 10.2. The molecule has 0 spiro atoms. The van der Waals surface area contributed by atoms with Crippen molar-refractivity contribution in [1.82, 2.24) is 0 Å². The molecule has 0 aromatic carbocycles. The molecule has 0 aromatic heterocycles. The Labute approximate surface area is 100 Å². The molecule has 0 amide bonds. The van der Waals surface area contributed by atoms with E-state index in [0.717, 1.165) is 13.0 Å². The summed E-state index contributed by atoms with van der Waals surface area (Å²) >= 11 is 0. The van der Waals surface area contributed by atoms with Gasteiger partial charge in [0.25, 0.3) is 0 Å². The van der Waals surface area contributed by atoms with E-state index in [-0.39, 0.29) is 18.5 Å².